The minimum atomic E-state index is -0.0121. The highest BCUT2D eigenvalue weighted by molar-refractivity contribution is 5.92. The molecule has 2 N–H and O–H groups in total. The van der Waals surface area contributed by atoms with Crippen LogP contribution >= 0.6 is 0 Å². The predicted molar refractivity (Wildman–Crippen MR) is 69.6 cm³/mol. The van der Waals surface area contributed by atoms with E-state index in [9.17, 15) is 4.79 Å². The van der Waals surface area contributed by atoms with E-state index in [-0.39, 0.29) is 17.9 Å². The van der Waals surface area contributed by atoms with Crippen LogP contribution in [0.25, 0.3) is 11.3 Å². The van der Waals surface area contributed by atoms with Crippen molar-refractivity contribution >= 4 is 12.1 Å². The van der Waals surface area contributed by atoms with Crippen LogP contribution in [0, 0.1) is 11.3 Å². The maximum absolute atomic E-state index is 11.2. The third-order valence-electron chi connectivity index (χ3n) is 2.73. The highest BCUT2D eigenvalue weighted by Crippen LogP contribution is 2.32. The Bertz CT molecular complexity index is 655. The van der Waals surface area contributed by atoms with Gasteiger partial charge < -0.3 is 10.5 Å². The first-order valence-corrected chi connectivity index (χ1v) is 5.54. The van der Waals surface area contributed by atoms with Crippen molar-refractivity contribution in [1.82, 2.24) is 9.78 Å². The Morgan fingerprint density at radius 2 is 2.26 bits per heavy atom. The van der Waals surface area contributed by atoms with E-state index in [1.54, 1.807) is 12.1 Å². The van der Waals surface area contributed by atoms with Gasteiger partial charge in [-0.05, 0) is 12.1 Å². The summed E-state index contributed by atoms with van der Waals surface area (Å²) in [5.41, 5.74) is 7.15. The molecule has 6 heteroatoms. The van der Waals surface area contributed by atoms with Crippen molar-refractivity contribution in [3.63, 3.8) is 0 Å². The summed E-state index contributed by atoms with van der Waals surface area (Å²) in [6, 6.07) is 9.12. The molecule has 0 atom stereocenters. The molecule has 0 spiro atoms. The van der Waals surface area contributed by atoms with Crippen LogP contribution in [0.5, 0.6) is 5.75 Å². The lowest BCUT2D eigenvalue weighted by Crippen LogP contribution is -2.03. The molecule has 19 heavy (non-hydrogen) atoms. The monoisotopic (exact) mass is 256 g/mol. The number of aromatic nitrogens is 2. The summed E-state index contributed by atoms with van der Waals surface area (Å²) in [5, 5.41) is 12.9. The first-order valence-electron chi connectivity index (χ1n) is 5.54. The molecule has 0 unspecified atom stereocenters. The van der Waals surface area contributed by atoms with Crippen molar-refractivity contribution in [3.8, 4) is 23.1 Å². The van der Waals surface area contributed by atoms with Crippen LogP contribution in [-0.4, -0.2) is 23.2 Å². The summed E-state index contributed by atoms with van der Waals surface area (Å²) >= 11 is 0. The first kappa shape index (κ1) is 12.6. The van der Waals surface area contributed by atoms with Crippen LogP contribution in [0.4, 0.5) is 5.82 Å². The van der Waals surface area contributed by atoms with Crippen LogP contribution in [0.3, 0.4) is 0 Å². The average Bonchev–Trinajstić information content (AvgIpc) is 2.75. The highest BCUT2D eigenvalue weighted by Gasteiger charge is 2.18. The number of nitrogens with zero attached hydrogens (tertiary/aromatic N) is 3. The fourth-order valence-electron chi connectivity index (χ4n) is 1.83. The number of aldehydes is 1. The molecule has 0 bridgehead atoms. The summed E-state index contributed by atoms with van der Waals surface area (Å²) in [7, 11) is 1.54. The van der Waals surface area contributed by atoms with E-state index in [1.807, 2.05) is 18.2 Å². The molecular weight excluding hydrogens is 244 g/mol. The molecule has 96 valence electrons. The summed E-state index contributed by atoms with van der Waals surface area (Å²) < 4.78 is 6.53. The van der Waals surface area contributed by atoms with Gasteiger partial charge in [0.1, 0.15) is 23.8 Å². The number of nitriles is 1. The molecule has 1 heterocycles. The number of carbonyl (C=O) groups is 1. The number of anilines is 1. The smallest absolute Gasteiger partial charge is 0.156 e. The topological polar surface area (TPSA) is 93.9 Å². The van der Waals surface area contributed by atoms with Crippen molar-refractivity contribution in [1.29, 1.82) is 5.26 Å². The van der Waals surface area contributed by atoms with Crippen molar-refractivity contribution in [3.05, 3.63) is 29.8 Å². The second-order valence-corrected chi connectivity index (χ2v) is 3.78. The molecule has 0 fully saturated rings. The lowest BCUT2D eigenvalue weighted by molar-refractivity contribution is 0.112. The quantitative estimate of drug-likeness (QED) is 0.836. The van der Waals surface area contributed by atoms with E-state index in [4.69, 9.17) is 15.7 Å². The van der Waals surface area contributed by atoms with Gasteiger partial charge in [-0.15, -0.1) is 0 Å². The van der Waals surface area contributed by atoms with Gasteiger partial charge >= 0.3 is 0 Å². The van der Waals surface area contributed by atoms with Gasteiger partial charge in [-0.1, -0.05) is 12.1 Å². The van der Waals surface area contributed by atoms with Crippen LogP contribution in [-0.2, 0) is 6.54 Å². The molecule has 0 saturated heterocycles. The van der Waals surface area contributed by atoms with Crippen LogP contribution in [0.2, 0.25) is 0 Å². The first-order chi connectivity index (χ1) is 9.22. The Labute approximate surface area is 110 Å². The van der Waals surface area contributed by atoms with Gasteiger partial charge in [0.05, 0.1) is 18.7 Å². The molecule has 0 aliphatic rings. The van der Waals surface area contributed by atoms with Gasteiger partial charge in [-0.3, -0.25) is 4.79 Å². The maximum Gasteiger partial charge on any atom is 0.156 e. The average molecular weight is 256 g/mol. The lowest BCUT2D eigenvalue weighted by atomic mass is 10.1. The number of hydrogen-bond acceptors (Lipinski definition) is 5. The molecule has 1 aromatic heterocycles. The molecule has 0 amide bonds. The summed E-state index contributed by atoms with van der Waals surface area (Å²) in [6.45, 7) is -0.0121. The number of nitrogen functional groups attached to an aromatic ring is 1. The number of nitrogens with two attached hydrogens (primary N) is 1. The molecule has 2 rings (SSSR count). The van der Waals surface area contributed by atoms with E-state index in [1.165, 1.54) is 11.8 Å². The minimum Gasteiger partial charge on any atom is -0.496 e. The number of hydrogen-bond donors (Lipinski definition) is 1. The van der Waals surface area contributed by atoms with E-state index >= 15 is 0 Å². The largest absolute Gasteiger partial charge is 0.496 e. The van der Waals surface area contributed by atoms with Gasteiger partial charge in [-0.2, -0.15) is 10.4 Å². The van der Waals surface area contributed by atoms with Gasteiger partial charge in [0.2, 0.25) is 0 Å². The number of ether oxygens (including phenoxy) is 1. The molecule has 0 aliphatic carbocycles. The van der Waals surface area contributed by atoms with Gasteiger partial charge in [0, 0.05) is 5.56 Å². The fourth-order valence-corrected chi connectivity index (χ4v) is 1.83. The second-order valence-electron chi connectivity index (χ2n) is 3.78. The van der Waals surface area contributed by atoms with E-state index in [2.05, 4.69) is 5.10 Å². The predicted octanol–water partition coefficient (Wildman–Crippen LogP) is 1.48. The van der Waals surface area contributed by atoms with Crippen LogP contribution in [0.15, 0.2) is 24.3 Å². The van der Waals surface area contributed by atoms with Crippen molar-refractivity contribution in [2.75, 3.05) is 12.8 Å². The van der Waals surface area contributed by atoms with Crippen molar-refractivity contribution < 1.29 is 9.53 Å². The number of rotatable bonds is 4. The Kier molecular flexibility index (Phi) is 3.48. The zero-order valence-corrected chi connectivity index (χ0v) is 10.3. The number of methoxy groups -OCH3 is 1. The summed E-state index contributed by atoms with van der Waals surface area (Å²) in [6.07, 6.45) is 0.637. The molecule has 6 nitrogen and oxygen atoms in total. The maximum atomic E-state index is 11.2. The van der Waals surface area contributed by atoms with E-state index < -0.39 is 0 Å². The summed E-state index contributed by atoms with van der Waals surface area (Å²) in [4.78, 5) is 11.2. The van der Waals surface area contributed by atoms with E-state index in [0.29, 0.717) is 23.3 Å². The fraction of sp³-hybridized carbons (Fsp3) is 0.154. The standard InChI is InChI=1S/C13H12N4O2/c1-19-11-5-3-2-4-9(11)12-10(8-18)13(15)17(16-12)7-6-14/h2-5,8H,7,15H2,1H3. The normalized spacial score (nSPS) is 9.89. The highest BCUT2D eigenvalue weighted by atomic mass is 16.5. The SMILES string of the molecule is COc1ccccc1-c1nn(CC#N)c(N)c1C=O. The van der Waals surface area contributed by atoms with Crippen molar-refractivity contribution in [2.24, 2.45) is 0 Å². The zero-order valence-electron chi connectivity index (χ0n) is 10.3. The Hall–Kier alpha value is -2.81. The van der Waals surface area contributed by atoms with E-state index in [0.717, 1.165) is 0 Å². The lowest BCUT2D eigenvalue weighted by Gasteiger charge is -2.05. The van der Waals surface area contributed by atoms with Crippen LogP contribution < -0.4 is 10.5 Å². The molecular formula is C13H12N4O2. The number of benzene rings is 1. The molecule has 1 aromatic carbocycles. The third-order valence-corrected chi connectivity index (χ3v) is 2.73. The van der Waals surface area contributed by atoms with Crippen molar-refractivity contribution in [2.45, 2.75) is 6.54 Å². The number of carbonyl (C=O) groups excluding carboxylic acids is 1. The molecule has 0 radical (unpaired) electrons. The second kappa shape index (κ2) is 5.23. The molecule has 0 saturated carbocycles. The minimum absolute atomic E-state index is 0.0121. The third kappa shape index (κ3) is 2.13. The molecule has 2 aromatic rings. The Balaban J connectivity index is 2.65. The Morgan fingerprint density at radius 1 is 1.53 bits per heavy atom. The van der Waals surface area contributed by atoms with Gasteiger partial charge in [-0.25, -0.2) is 4.68 Å². The molecule has 0 aliphatic heterocycles. The van der Waals surface area contributed by atoms with Gasteiger partial charge in [0.25, 0.3) is 0 Å². The Morgan fingerprint density at radius 3 is 2.89 bits per heavy atom. The van der Waals surface area contributed by atoms with Crippen LogP contribution in [0.1, 0.15) is 10.4 Å². The summed E-state index contributed by atoms with van der Waals surface area (Å²) in [5.74, 6) is 0.768. The number of para-hydroxylation sites is 1. The van der Waals surface area contributed by atoms with Gasteiger partial charge in [0.15, 0.2) is 6.29 Å². The zero-order chi connectivity index (χ0) is 13.8.